The van der Waals surface area contributed by atoms with E-state index in [0.717, 1.165) is 22.4 Å². The van der Waals surface area contributed by atoms with E-state index in [4.69, 9.17) is 0 Å². The molecule has 1 aromatic heterocycles. The largest absolute Gasteiger partial charge is 0.508 e. The van der Waals surface area contributed by atoms with Crippen LogP contribution in [0.3, 0.4) is 0 Å². The van der Waals surface area contributed by atoms with Crippen LogP contribution in [0.4, 0.5) is 18.9 Å². The van der Waals surface area contributed by atoms with Crippen LogP contribution in [-0.2, 0) is 32.9 Å². The summed E-state index contributed by atoms with van der Waals surface area (Å²) in [7, 11) is 1.43. The third-order valence-corrected chi connectivity index (χ3v) is 5.56. The Balaban J connectivity index is 1.93. The SMILES string of the molecule is Cn1c(=O)cc(CN(CNc2ccc(O)cc2)Cc2ccc(C(F)(F)F)cc2)n(CC(C)(C)C)c1=O. The van der Waals surface area contributed by atoms with Crippen molar-refractivity contribution in [2.24, 2.45) is 12.5 Å². The second-order valence-corrected chi connectivity index (χ2v) is 10.0. The molecule has 0 fully saturated rings. The van der Waals surface area contributed by atoms with Gasteiger partial charge in [0.25, 0.3) is 5.56 Å². The molecule has 0 spiro atoms. The van der Waals surface area contributed by atoms with Crippen molar-refractivity contribution in [2.75, 3.05) is 12.0 Å². The molecule has 3 aromatic rings. The Labute approximate surface area is 207 Å². The Kier molecular flexibility index (Phi) is 7.98. The summed E-state index contributed by atoms with van der Waals surface area (Å²) in [5, 5.41) is 12.7. The van der Waals surface area contributed by atoms with Gasteiger partial charge in [0.15, 0.2) is 0 Å². The Morgan fingerprint density at radius 2 is 1.56 bits per heavy atom. The molecule has 0 saturated heterocycles. The summed E-state index contributed by atoms with van der Waals surface area (Å²) >= 11 is 0. The molecule has 194 valence electrons. The lowest BCUT2D eigenvalue weighted by molar-refractivity contribution is -0.137. The molecule has 0 bridgehead atoms. The number of aromatic hydroxyl groups is 1. The number of hydrogen-bond donors (Lipinski definition) is 2. The monoisotopic (exact) mass is 504 g/mol. The highest BCUT2D eigenvalue weighted by Gasteiger charge is 2.30. The number of nitrogens with zero attached hydrogens (tertiary/aromatic N) is 3. The molecule has 0 aliphatic heterocycles. The molecule has 36 heavy (non-hydrogen) atoms. The lowest BCUT2D eigenvalue weighted by Gasteiger charge is -2.27. The number of aromatic nitrogens is 2. The molecule has 10 heteroatoms. The topological polar surface area (TPSA) is 79.5 Å². The molecule has 0 aliphatic carbocycles. The van der Waals surface area contributed by atoms with Crippen molar-refractivity contribution < 1.29 is 18.3 Å². The van der Waals surface area contributed by atoms with Crippen LogP contribution in [0.2, 0.25) is 0 Å². The maximum absolute atomic E-state index is 13.0. The van der Waals surface area contributed by atoms with Crippen molar-refractivity contribution in [2.45, 2.75) is 46.6 Å². The van der Waals surface area contributed by atoms with Gasteiger partial charge in [0.1, 0.15) is 5.75 Å². The fourth-order valence-corrected chi connectivity index (χ4v) is 3.73. The van der Waals surface area contributed by atoms with E-state index in [9.17, 15) is 27.9 Å². The zero-order valence-corrected chi connectivity index (χ0v) is 20.8. The van der Waals surface area contributed by atoms with Crippen LogP contribution in [0.5, 0.6) is 5.75 Å². The fraction of sp³-hybridized carbons (Fsp3) is 0.385. The van der Waals surface area contributed by atoms with Crippen molar-refractivity contribution in [1.82, 2.24) is 14.0 Å². The first-order valence-electron chi connectivity index (χ1n) is 11.4. The van der Waals surface area contributed by atoms with E-state index in [1.165, 1.54) is 37.4 Å². The van der Waals surface area contributed by atoms with Gasteiger partial charge < -0.3 is 10.4 Å². The average molecular weight is 505 g/mol. The normalized spacial score (nSPS) is 12.2. The Hall–Kier alpha value is -3.53. The first-order valence-corrected chi connectivity index (χ1v) is 11.4. The third-order valence-electron chi connectivity index (χ3n) is 5.56. The van der Waals surface area contributed by atoms with Crippen LogP contribution < -0.4 is 16.6 Å². The molecule has 7 nitrogen and oxygen atoms in total. The van der Waals surface area contributed by atoms with Crippen LogP contribution >= 0.6 is 0 Å². The highest BCUT2D eigenvalue weighted by Crippen LogP contribution is 2.29. The van der Waals surface area contributed by atoms with Crippen molar-refractivity contribution >= 4 is 5.69 Å². The Morgan fingerprint density at radius 3 is 2.11 bits per heavy atom. The Bertz CT molecular complexity index is 1290. The maximum Gasteiger partial charge on any atom is 0.416 e. The summed E-state index contributed by atoms with van der Waals surface area (Å²) in [6.07, 6.45) is -4.42. The van der Waals surface area contributed by atoms with E-state index in [-0.39, 0.29) is 30.9 Å². The van der Waals surface area contributed by atoms with Crippen LogP contribution in [0, 0.1) is 5.41 Å². The molecule has 2 aromatic carbocycles. The van der Waals surface area contributed by atoms with Crippen molar-refractivity contribution in [1.29, 1.82) is 0 Å². The van der Waals surface area contributed by atoms with Crippen LogP contribution in [-0.4, -0.2) is 25.8 Å². The molecule has 0 radical (unpaired) electrons. The molecular formula is C26H31F3N4O3. The summed E-state index contributed by atoms with van der Waals surface area (Å²) in [6.45, 7) is 7.08. The summed E-state index contributed by atoms with van der Waals surface area (Å²) in [5.41, 5.74) is 0.0568. The van der Waals surface area contributed by atoms with Gasteiger partial charge in [0.05, 0.1) is 12.2 Å². The summed E-state index contributed by atoms with van der Waals surface area (Å²) in [5.74, 6) is 0.119. The van der Waals surface area contributed by atoms with Crippen molar-refractivity contribution in [3.63, 3.8) is 0 Å². The molecule has 2 N–H and O–H groups in total. The number of anilines is 1. The van der Waals surface area contributed by atoms with E-state index in [1.54, 1.807) is 16.7 Å². The van der Waals surface area contributed by atoms with Gasteiger partial charge in [-0.05, 0) is 47.4 Å². The highest BCUT2D eigenvalue weighted by molar-refractivity contribution is 5.45. The average Bonchev–Trinajstić information content (AvgIpc) is 2.79. The molecule has 0 aliphatic rings. The predicted molar refractivity (Wildman–Crippen MR) is 133 cm³/mol. The van der Waals surface area contributed by atoms with Crippen LogP contribution in [0.1, 0.15) is 37.6 Å². The minimum absolute atomic E-state index is 0.119. The van der Waals surface area contributed by atoms with Crippen molar-refractivity contribution in [3.05, 3.63) is 92.3 Å². The molecule has 0 amide bonds. The number of phenols is 1. The fourth-order valence-electron chi connectivity index (χ4n) is 3.73. The second-order valence-electron chi connectivity index (χ2n) is 10.0. The number of alkyl halides is 3. The van der Waals surface area contributed by atoms with Gasteiger partial charge in [0.2, 0.25) is 0 Å². The standard InChI is InChI=1S/C26H31F3N4O3/c1-25(2,3)16-33-21(13-23(35)31(4)24(33)36)15-32(17-30-20-9-11-22(34)12-10-20)14-18-5-7-19(8-6-18)26(27,28)29/h5-13,30,34H,14-17H2,1-4H3. The number of phenolic OH excluding ortho intramolecular Hbond substituents is 1. The molecule has 0 unspecified atom stereocenters. The zero-order valence-electron chi connectivity index (χ0n) is 20.8. The van der Waals surface area contributed by atoms with Gasteiger partial charge in [-0.2, -0.15) is 13.2 Å². The first kappa shape index (κ1) is 27.1. The van der Waals surface area contributed by atoms with Gasteiger partial charge in [-0.25, -0.2) is 4.79 Å². The van der Waals surface area contributed by atoms with Gasteiger partial charge >= 0.3 is 11.9 Å². The van der Waals surface area contributed by atoms with Crippen LogP contribution in [0.25, 0.3) is 0 Å². The van der Waals surface area contributed by atoms with Gasteiger partial charge in [0, 0.05) is 44.1 Å². The van der Waals surface area contributed by atoms with E-state index in [2.05, 4.69) is 5.32 Å². The lowest BCUT2D eigenvalue weighted by atomic mass is 9.96. The van der Waals surface area contributed by atoms with E-state index < -0.39 is 23.0 Å². The quantitative estimate of drug-likeness (QED) is 0.352. The first-order chi connectivity index (χ1) is 16.7. The van der Waals surface area contributed by atoms with Crippen LogP contribution in [0.15, 0.2) is 64.2 Å². The van der Waals surface area contributed by atoms with E-state index in [0.29, 0.717) is 17.8 Å². The second kappa shape index (κ2) is 10.6. The molecule has 0 saturated carbocycles. The zero-order chi connectivity index (χ0) is 26.7. The van der Waals surface area contributed by atoms with Gasteiger partial charge in [-0.3, -0.25) is 18.8 Å². The number of nitrogens with one attached hydrogen (secondary N) is 1. The van der Waals surface area contributed by atoms with E-state index in [1.807, 2.05) is 25.7 Å². The summed E-state index contributed by atoms with van der Waals surface area (Å²) in [6, 6.07) is 12.8. The maximum atomic E-state index is 13.0. The number of benzene rings is 2. The number of rotatable bonds is 8. The van der Waals surface area contributed by atoms with Crippen molar-refractivity contribution in [3.8, 4) is 5.75 Å². The molecule has 0 atom stereocenters. The highest BCUT2D eigenvalue weighted by atomic mass is 19.4. The number of halogens is 3. The minimum atomic E-state index is -4.42. The smallest absolute Gasteiger partial charge is 0.416 e. The van der Waals surface area contributed by atoms with Gasteiger partial charge in [-0.1, -0.05) is 32.9 Å². The third kappa shape index (κ3) is 7.24. The molecule has 3 rings (SSSR count). The number of hydrogen-bond acceptors (Lipinski definition) is 5. The molecule has 1 heterocycles. The molecular weight excluding hydrogens is 473 g/mol. The van der Waals surface area contributed by atoms with Gasteiger partial charge in [-0.15, -0.1) is 0 Å². The summed E-state index contributed by atoms with van der Waals surface area (Å²) in [4.78, 5) is 27.3. The summed E-state index contributed by atoms with van der Waals surface area (Å²) < 4.78 is 41.6. The predicted octanol–water partition coefficient (Wildman–Crippen LogP) is 4.39. The Morgan fingerprint density at radius 1 is 0.944 bits per heavy atom. The van der Waals surface area contributed by atoms with E-state index >= 15 is 0 Å². The lowest BCUT2D eigenvalue weighted by Crippen LogP contribution is -2.43. The minimum Gasteiger partial charge on any atom is -0.508 e.